The lowest BCUT2D eigenvalue weighted by Crippen LogP contribution is -2.42. The van der Waals surface area contributed by atoms with Crippen LogP contribution in [0.15, 0.2) is 12.1 Å². The summed E-state index contributed by atoms with van der Waals surface area (Å²) in [6.45, 7) is 6.83. The van der Waals surface area contributed by atoms with E-state index >= 15 is 0 Å². The van der Waals surface area contributed by atoms with Crippen molar-refractivity contribution in [3.05, 3.63) is 35.1 Å². The zero-order chi connectivity index (χ0) is 17.0. The van der Waals surface area contributed by atoms with Gasteiger partial charge >= 0.3 is 0 Å². The number of halogens is 3. The fourth-order valence-corrected chi connectivity index (χ4v) is 2.86. The SMILES string of the molecule is CC1CCN(CC(O)CNC(C)c2cc(F)c(F)c(F)c2)CC1. The van der Waals surface area contributed by atoms with Crippen LogP contribution < -0.4 is 5.32 Å². The molecule has 0 bridgehead atoms. The van der Waals surface area contributed by atoms with Crippen molar-refractivity contribution in [3.63, 3.8) is 0 Å². The Labute approximate surface area is 135 Å². The largest absolute Gasteiger partial charge is 0.390 e. The van der Waals surface area contributed by atoms with E-state index in [9.17, 15) is 18.3 Å². The minimum absolute atomic E-state index is 0.313. The fourth-order valence-electron chi connectivity index (χ4n) is 2.86. The van der Waals surface area contributed by atoms with Gasteiger partial charge in [-0.05, 0) is 56.5 Å². The molecule has 0 spiro atoms. The first kappa shape index (κ1) is 18.2. The van der Waals surface area contributed by atoms with Crippen molar-refractivity contribution >= 4 is 0 Å². The van der Waals surface area contributed by atoms with Gasteiger partial charge in [0, 0.05) is 19.1 Å². The maximum atomic E-state index is 13.2. The molecule has 2 N–H and O–H groups in total. The van der Waals surface area contributed by atoms with E-state index in [1.165, 1.54) is 0 Å². The van der Waals surface area contributed by atoms with Gasteiger partial charge in [-0.1, -0.05) is 6.92 Å². The van der Waals surface area contributed by atoms with Gasteiger partial charge < -0.3 is 15.3 Å². The number of hydrogen-bond acceptors (Lipinski definition) is 3. The minimum Gasteiger partial charge on any atom is -0.390 e. The molecule has 2 rings (SSSR count). The Morgan fingerprint density at radius 3 is 2.35 bits per heavy atom. The van der Waals surface area contributed by atoms with Crippen LogP contribution in [-0.4, -0.2) is 42.3 Å². The summed E-state index contributed by atoms with van der Waals surface area (Å²) in [6.07, 6.45) is 1.73. The molecule has 3 nitrogen and oxygen atoms in total. The number of likely N-dealkylation sites (tertiary alicyclic amines) is 1. The molecule has 2 atom stereocenters. The van der Waals surface area contributed by atoms with Crippen molar-refractivity contribution in [2.75, 3.05) is 26.2 Å². The highest BCUT2D eigenvalue weighted by atomic mass is 19.2. The molecule has 1 heterocycles. The molecular formula is C17H25F3N2O. The average molecular weight is 330 g/mol. The lowest BCUT2D eigenvalue weighted by atomic mass is 9.99. The van der Waals surface area contributed by atoms with Crippen molar-refractivity contribution in [2.45, 2.75) is 38.8 Å². The van der Waals surface area contributed by atoms with E-state index in [0.717, 1.165) is 44.0 Å². The Balaban J connectivity index is 1.80. The molecule has 23 heavy (non-hydrogen) atoms. The fraction of sp³-hybridized carbons (Fsp3) is 0.647. The van der Waals surface area contributed by atoms with Crippen LogP contribution >= 0.6 is 0 Å². The first-order chi connectivity index (χ1) is 10.9. The summed E-state index contributed by atoms with van der Waals surface area (Å²) in [5.41, 5.74) is 0.320. The molecule has 0 amide bonds. The normalized spacial score (nSPS) is 19.7. The first-order valence-electron chi connectivity index (χ1n) is 8.15. The molecule has 1 aliphatic heterocycles. The highest BCUT2D eigenvalue weighted by Crippen LogP contribution is 2.19. The molecule has 130 valence electrons. The third kappa shape index (κ3) is 5.19. The Bertz CT molecular complexity index is 496. The van der Waals surface area contributed by atoms with E-state index in [0.29, 0.717) is 18.7 Å². The van der Waals surface area contributed by atoms with E-state index in [1.54, 1.807) is 6.92 Å². The summed E-state index contributed by atoms with van der Waals surface area (Å²) in [5.74, 6) is -3.11. The summed E-state index contributed by atoms with van der Waals surface area (Å²) < 4.78 is 39.4. The van der Waals surface area contributed by atoms with E-state index in [2.05, 4.69) is 17.1 Å². The Morgan fingerprint density at radius 2 is 1.78 bits per heavy atom. The molecule has 0 radical (unpaired) electrons. The van der Waals surface area contributed by atoms with Crippen molar-refractivity contribution in [1.29, 1.82) is 0 Å². The third-order valence-corrected chi connectivity index (χ3v) is 4.51. The number of piperidine rings is 1. The van der Waals surface area contributed by atoms with Crippen molar-refractivity contribution in [1.82, 2.24) is 10.2 Å². The number of aliphatic hydroxyl groups is 1. The first-order valence-corrected chi connectivity index (χ1v) is 8.15. The smallest absolute Gasteiger partial charge is 0.194 e. The molecule has 1 fully saturated rings. The average Bonchev–Trinajstić information content (AvgIpc) is 2.52. The maximum absolute atomic E-state index is 13.2. The summed E-state index contributed by atoms with van der Waals surface area (Å²) >= 11 is 0. The lowest BCUT2D eigenvalue weighted by Gasteiger charge is -2.32. The van der Waals surface area contributed by atoms with E-state index < -0.39 is 23.6 Å². The van der Waals surface area contributed by atoms with Crippen molar-refractivity contribution in [3.8, 4) is 0 Å². The topological polar surface area (TPSA) is 35.5 Å². The second-order valence-corrected chi connectivity index (χ2v) is 6.57. The highest BCUT2D eigenvalue weighted by Gasteiger charge is 2.19. The second-order valence-electron chi connectivity index (χ2n) is 6.57. The van der Waals surface area contributed by atoms with E-state index in [1.807, 2.05) is 0 Å². The number of benzene rings is 1. The summed E-state index contributed by atoms with van der Waals surface area (Å²) in [6, 6.07) is 1.58. The number of aliphatic hydroxyl groups excluding tert-OH is 1. The van der Waals surface area contributed by atoms with Gasteiger partial charge in [-0.25, -0.2) is 13.2 Å². The summed E-state index contributed by atoms with van der Waals surface area (Å²) in [5, 5.41) is 13.1. The van der Waals surface area contributed by atoms with Crippen molar-refractivity contribution < 1.29 is 18.3 Å². The highest BCUT2D eigenvalue weighted by molar-refractivity contribution is 5.22. The summed E-state index contributed by atoms with van der Waals surface area (Å²) in [4.78, 5) is 2.23. The van der Waals surface area contributed by atoms with Gasteiger partial charge in [0.05, 0.1) is 6.10 Å². The number of nitrogens with zero attached hydrogens (tertiary/aromatic N) is 1. The van der Waals surface area contributed by atoms with Crippen LogP contribution in [-0.2, 0) is 0 Å². The quantitative estimate of drug-likeness (QED) is 0.788. The number of rotatable bonds is 6. The van der Waals surface area contributed by atoms with Crippen molar-refractivity contribution in [2.24, 2.45) is 5.92 Å². The van der Waals surface area contributed by atoms with E-state index in [-0.39, 0.29) is 6.04 Å². The van der Waals surface area contributed by atoms with Gasteiger partial charge in [0.2, 0.25) is 0 Å². The molecule has 0 saturated carbocycles. The molecule has 1 aliphatic rings. The molecular weight excluding hydrogens is 305 g/mol. The van der Waals surface area contributed by atoms with Gasteiger partial charge in [-0.15, -0.1) is 0 Å². The minimum atomic E-state index is -1.46. The molecule has 1 aromatic carbocycles. The van der Waals surface area contributed by atoms with E-state index in [4.69, 9.17) is 0 Å². The molecule has 2 unspecified atom stereocenters. The van der Waals surface area contributed by atoms with Gasteiger partial charge in [0.15, 0.2) is 17.5 Å². The lowest BCUT2D eigenvalue weighted by molar-refractivity contribution is 0.0892. The van der Waals surface area contributed by atoms with Crippen LogP contribution in [0.2, 0.25) is 0 Å². The third-order valence-electron chi connectivity index (χ3n) is 4.51. The Hall–Kier alpha value is -1.11. The standard InChI is InChI=1S/C17H25F3N2O/c1-11-3-5-22(6-4-11)10-14(23)9-21-12(2)13-7-15(18)17(20)16(19)8-13/h7-8,11-12,14,21,23H,3-6,9-10H2,1-2H3. The van der Waals surface area contributed by atoms with Crippen LogP contribution in [0, 0.1) is 23.4 Å². The Morgan fingerprint density at radius 1 is 1.22 bits per heavy atom. The summed E-state index contributed by atoms with van der Waals surface area (Å²) in [7, 11) is 0. The zero-order valence-electron chi connectivity index (χ0n) is 13.7. The zero-order valence-corrected chi connectivity index (χ0v) is 13.7. The molecule has 1 aromatic rings. The number of nitrogens with one attached hydrogen (secondary N) is 1. The monoisotopic (exact) mass is 330 g/mol. The van der Waals surface area contributed by atoms with Crippen LogP contribution in [0.4, 0.5) is 13.2 Å². The van der Waals surface area contributed by atoms with Crippen LogP contribution in [0.25, 0.3) is 0 Å². The molecule has 1 saturated heterocycles. The number of hydrogen-bond donors (Lipinski definition) is 2. The maximum Gasteiger partial charge on any atom is 0.194 e. The number of β-amino-alcohol motifs (C(OH)–C–C–N with tert-alkyl or cyclic N) is 1. The predicted octanol–water partition coefficient (Wildman–Crippen LogP) is 2.85. The van der Waals surface area contributed by atoms with Crippen LogP contribution in [0.5, 0.6) is 0 Å². The van der Waals surface area contributed by atoms with Gasteiger partial charge in [-0.2, -0.15) is 0 Å². The van der Waals surface area contributed by atoms with Gasteiger partial charge in [-0.3, -0.25) is 0 Å². The van der Waals surface area contributed by atoms with Gasteiger partial charge in [0.1, 0.15) is 0 Å². The van der Waals surface area contributed by atoms with Gasteiger partial charge in [0.25, 0.3) is 0 Å². The Kier molecular flexibility index (Phi) is 6.44. The molecule has 0 aliphatic carbocycles. The predicted molar refractivity (Wildman–Crippen MR) is 83.6 cm³/mol. The molecule has 0 aromatic heterocycles. The van der Waals surface area contributed by atoms with Crippen LogP contribution in [0.3, 0.4) is 0 Å². The molecule has 6 heteroatoms. The second kappa shape index (κ2) is 8.13. The van der Waals surface area contributed by atoms with Crippen LogP contribution in [0.1, 0.15) is 38.3 Å².